The van der Waals surface area contributed by atoms with Crippen molar-refractivity contribution in [1.82, 2.24) is 0 Å². The highest BCUT2D eigenvalue weighted by Crippen LogP contribution is 2.12. The molecule has 0 bridgehead atoms. The number of rotatable bonds is 9. The van der Waals surface area contributed by atoms with E-state index >= 15 is 0 Å². The van der Waals surface area contributed by atoms with Crippen LogP contribution in [0.15, 0.2) is 0 Å². The summed E-state index contributed by atoms with van der Waals surface area (Å²) in [6, 6.07) is 0. The molecule has 0 aliphatic heterocycles. The number of aldehydes is 1. The third kappa shape index (κ3) is 13.1. The largest absolute Gasteiger partial charge is 0.460 e. The van der Waals surface area contributed by atoms with Gasteiger partial charge in [-0.1, -0.05) is 25.7 Å². The number of ether oxygens (including phenoxy) is 1. The zero-order chi connectivity index (χ0) is 13.1. The first kappa shape index (κ1) is 16.1. The van der Waals surface area contributed by atoms with Crippen LogP contribution in [0.3, 0.4) is 0 Å². The Morgan fingerprint density at radius 1 is 1.00 bits per heavy atom. The molecule has 0 rings (SSSR count). The highest BCUT2D eigenvalue weighted by Gasteiger charge is 2.15. The van der Waals surface area contributed by atoms with Crippen molar-refractivity contribution in [2.75, 3.05) is 0 Å². The summed E-state index contributed by atoms with van der Waals surface area (Å²) in [5.74, 6) is -0.0987. The Morgan fingerprint density at radius 2 is 1.53 bits per heavy atom. The van der Waals surface area contributed by atoms with Gasteiger partial charge in [-0.2, -0.15) is 0 Å². The maximum atomic E-state index is 11.4. The van der Waals surface area contributed by atoms with E-state index < -0.39 is 0 Å². The van der Waals surface area contributed by atoms with Crippen LogP contribution < -0.4 is 0 Å². The van der Waals surface area contributed by atoms with E-state index in [1.54, 1.807) is 0 Å². The van der Waals surface area contributed by atoms with Crippen molar-refractivity contribution in [3.05, 3.63) is 0 Å². The van der Waals surface area contributed by atoms with E-state index in [4.69, 9.17) is 4.74 Å². The van der Waals surface area contributed by atoms with Gasteiger partial charge >= 0.3 is 5.97 Å². The van der Waals surface area contributed by atoms with Gasteiger partial charge < -0.3 is 9.53 Å². The minimum atomic E-state index is -0.369. The van der Waals surface area contributed by atoms with Crippen LogP contribution in [-0.2, 0) is 14.3 Å². The Kier molecular flexibility index (Phi) is 8.73. The van der Waals surface area contributed by atoms with Crippen LogP contribution in [0.4, 0.5) is 0 Å². The molecule has 0 heterocycles. The van der Waals surface area contributed by atoms with Gasteiger partial charge in [0, 0.05) is 12.8 Å². The van der Waals surface area contributed by atoms with Crippen LogP contribution >= 0.6 is 0 Å². The topological polar surface area (TPSA) is 43.4 Å². The van der Waals surface area contributed by atoms with Gasteiger partial charge in [-0.3, -0.25) is 4.79 Å². The summed E-state index contributed by atoms with van der Waals surface area (Å²) in [5, 5.41) is 0. The summed E-state index contributed by atoms with van der Waals surface area (Å²) in [6.45, 7) is 5.66. The molecule has 0 fully saturated rings. The second-order valence-corrected chi connectivity index (χ2v) is 5.41. The Morgan fingerprint density at radius 3 is 2.06 bits per heavy atom. The van der Waals surface area contributed by atoms with Crippen LogP contribution in [0.5, 0.6) is 0 Å². The van der Waals surface area contributed by atoms with E-state index in [2.05, 4.69) is 0 Å². The van der Waals surface area contributed by atoms with E-state index in [1.165, 1.54) is 0 Å². The summed E-state index contributed by atoms with van der Waals surface area (Å²) in [4.78, 5) is 21.4. The Balaban J connectivity index is 3.28. The molecule has 0 aromatic heterocycles. The Bertz CT molecular complexity index is 216. The molecule has 0 radical (unpaired) electrons. The molecular weight excluding hydrogens is 216 g/mol. The number of hydrogen-bond donors (Lipinski definition) is 0. The summed E-state index contributed by atoms with van der Waals surface area (Å²) in [7, 11) is 0. The first-order valence-corrected chi connectivity index (χ1v) is 6.61. The molecule has 0 saturated heterocycles. The maximum Gasteiger partial charge on any atom is 0.306 e. The Hall–Kier alpha value is -0.860. The Labute approximate surface area is 105 Å². The molecule has 0 aliphatic carbocycles. The number of carbonyl (C=O) groups excluding carboxylic acids is 2. The number of esters is 1. The van der Waals surface area contributed by atoms with Gasteiger partial charge in [-0.15, -0.1) is 0 Å². The first-order valence-electron chi connectivity index (χ1n) is 6.61. The second kappa shape index (κ2) is 9.20. The third-order valence-electron chi connectivity index (χ3n) is 2.37. The second-order valence-electron chi connectivity index (χ2n) is 5.41. The van der Waals surface area contributed by atoms with Gasteiger partial charge in [-0.25, -0.2) is 0 Å². The smallest absolute Gasteiger partial charge is 0.306 e. The van der Waals surface area contributed by atoms with Gasteiger partial charge in [0.2, 0.25) is 0 Å². The lowest BCUT2D eigenvalue weighted by Gasteiger charge is -2.19. The maximum absolute atomic E-state index is 11.4. The quantitative estimate of drug-likeness (QED) is 0.352. The third-order valence-corrected chi connectivity index (χ3v) is 2.37. The summed E-state index contributed by atoms with van der Waals surface area (Å²) in [6.07, 6.45) is 8.56. The van der Waals surface area contributed by atoms with Crippen LogP contribution in [0, 0.1) is 0 Å². The molecule has 0 aromatic carbocycles. The van der Waals surface area contributed by atoms with Gasteiger partial charge in [0.25, 0.3) is 0 Å². The predicted octanol–water partition coefficient (Wildman–Crippen LogP) is 3.65. The molecule has 0 N–H and O–H groups in total. The molecule has 3 heteroatoms. The van der Waals surface area contributed by atoms with Crippen molar-refractivity contribution in [2.45, 2.75) is 77.7 Å². The number of unbranched alkanes of at least 4 members (excludes halogenated alkanes) is 6. The molecule has 17 heavy (non-hydrogen) atoms. The van der Waals surface area contributed by atoms with E-state index in [1.807, 2.05) is 20.8 Å². The monoisotopic (exact) mass is 242 g/mol. The van der Waals surface area contributed by atoms with Crippen molar-refractivity contribution in [1.29, 1.82) is 0 Å². The number of carbonyl (C=O) groups is 2. The molecule has 3 nitrogen and oxygen atoms in total. The molecule has 0 aliphatic rings. The molecule has 100 valence electrons. The van der Waals surface area contributed by atoms with Gasteiger partial charge in [0.05, 0.1) is 0 Å². The summed E-state index contributed by atoms with van der Waals surface area (Å²) >= 11 is 0. The van der Waals surface area contributed by atoms with E-state index in [0.29, 0.717) is 12.8 Å². The van der Waals surface area contributed by atoms with Crippen molar-refractivity contribution in [3.8, 4) is 0 Å². The lowest BCUT2D eigenvalue weighted by molar-refractivity contribution is -0.154. The predicted molar refractivity (Wildman–Crippen MR) is 68.8 cm³/mol. The van der Waals surface area contributed by atoms with Crippen LogP contribution in [0.1, 0.15) is 72.1 Å². The van der Waals surface area contributed by atoms with Crippen LogP contribution in [0.2, 0.25) is 0 Å². The van der Waals surface area contributed by atoms with Crippen molar-refractivity contribution < 1.29 is 14.3 Å². The SMILES string of the molecule is CC(C)(C)OC(=O)CCCCCCCCC=O. The van der Waals surface area contributed by atoms with E-state index in [9.17, 15) is 9.59 Å². The van der Waals surface area contributed by atoms with Crippen LogP contribution in [-0.4, -0.2) is 17.9 Å². The van der Waals surface area contributed by atoms with E-state index in [0.717, 1.165) is 44.8 Å². The first-order chi connectivity index (χ1) is 7.95. The standard InChI is InChI=1S/C14H26O3/c1-14(2,3)17-13(16)11-9-7-5-4-6-8-10-12-15/h12H,4-11H2,1-3H3. The zero-order valence-electron chi connectivity index (χ0n) is 11.5. The van der Waals surface area contributed by atoms with Crippen molar-refractivity contribution in [2.24, 2.45) is 0 Å². The van der Waals surface area contributed by atoms with Gasteiger partial charge in [0.1, 0.15) is 11.9 Å². The molecule has 0 spiro atoms. The molecule has 0 amide bonds. The highest BCUT2D eigenvalue weighted by atomic mass is 16.6. The number of hydrogen-bond acceptors (Lipinski definition) is 3. The minimum Gasteiger partial charge on any atom is -0.460 e. The van der Waals surface area contributed by atoms with Crippen LogP contribution in [0.25, 0.3) is 0 Å². The molecule has 0 atom stereocenters. The molecule has 0 aromatic rings. The van der Waals surface area contributed by atoms with Gasteiger partial charge in [0.15, 0.2) is 0 Å². The average molecular weight is 242 g/mol. The average Bonchev–Trinajstić information content (AvgIpc) is 2.19. The fourth-order valence-electron chi connectivity index (χ4n) is 1.60. The zero-order valence-corrected chi connectivity index (χ0v) is 11.5. The van der Waals surface area contributed by atoms with Crippen molar-refractivity contribution in [3.63, 3.8) is 0 Å². The lowest BCUT2D eigenvalue weighted by atomic mass is 10.1. The normalized spacial score (nSPS) is 11.2. The fraction of sp³-hybridized carbons (Fsp3) is 0.857. The molecule has 0 saturated carbocycles. The molecule has 0 unspecified atom stereocenters. The fourth-order valence-corrected chi connectivity index (χ4v) is 1.60. The van der Waals surface area contributed by atoms with E-state index in [-0.39, 0.29) is 11.6 Å². The highest BCUT2D eigenvalue weighted by molar-refractivity contribution is 5.69. The van der Waals surface area contributed by atoms with Crippen molar-refractivity contribution >= 4 is 12.3 Å². The van der Waals surface area contributed by atoms with Gasteiger partial charge in [-0.05, 0) is 33.6 Å². The summed E-state index contributed by atoms with van der Waals surface area (Å²) < 4.78 is 5.22. The molecular formula is C14H26O3. The lowest BCUT2D eigenvalue weighted by Crippen LogP contribution is -2.23. The minimum absolute atomic E-state index is 0.0987. The summed E-state index contributed by atoms with van der Waals surface area (Å²) in [5.41, 5.74) is -0.369.